The van der Waals surface area contributed by atoms with Gasteiger partial charge in [-0.05, 0) is 38.5 Å². The van der Waals surface area contributed by atoms with Crippen LogP contribution >= 0.6 is 11.3 Å². The van der Waals surface area contributed by atoms with Gasteiger partial charge in [-0.25, -0.2) is 4.98 Å². The van der Waals surface area contributed by atoms with E-state index in [1.807, 2.05) is 5.51 Å². The normalized spacial score (nSPS) is 27.9. The lowest BCUT2D eigenvalue weighted by molar-refractivity contribution is 0.183. The van der Waals surface area contributed by atoms with E-state index in [1.165, 1.54) is 24.1 Å². The molecule has 18 heavy (non-hydrogen) atoms. The molecule has 0 N–H and O–H groups in total. The summed E-state index contributed by atoms with van der Waals surface area (Å²) in [5, 5.41) is 9.59. The van der Waals surface area contributed by atoms with Crippen molar-refractivity contribution < 1.29 is 0 Å². The van der Waals surface area contributed by atoms with Gasteiger partial charge in [-0.15, -0.1) is 11.3 Å². The molecule has 2 unspecified atom stereocenters. The highest BCUT2D eigenvalue weighted by atomic mass is 32.1. The Kier molecular flexibility index (Phi) is 4.40. The molecule has 1 aliphatic rings. The highest BCUT2D eigenvalue weighted by molar-refractivity contribution is 7.09. The SMILES string of the molecule is CCC1CCCC(C#N)(CCc2scnc2C)C1. The van der Waals surface area contributed by atoms with E-state index >= 15 is 0 Å². The van der Waals surface area contributed by atoms with Gasteiger partial charge in [-0.2, -0.15) is 5.26 Å². The molecule has 1 aromatic rings. The average Bonchev–Trinajstić information content (AvgIpc) is 2.82. The number of nitrogens with zero attached hydrogens (tertiary/aromatic N) is 2. The van der Waals surface area contributed by atoms with E-state index in [0.717, 1.165) is 37.3 Å². The van der Waals surface area contributed by atoms with E-state index in [9.17, 15) is 5.26 Å². The van der Waals surface area contributed by atoms with E-state index in [-0.39, 0.29) is 5.41 Å². The molecule has 1 heterocycles. The Hall–Kier alpha value is -0.880. The van der Waals surface area contributed by atoms with Gasteiger partial charge >= 0.3 is 0 Å². The molecule has 3 heteroatoms. The molecular formula is C15H22N2S. The number of hydrogen-bond acceptors (Lipinski definition) is 3. The van der Waals surface area contributed by atoms with Gasteiger partial charge in [0.1, 0.15) is 0 Å². The molecule has 0 amide bonds. The molecule has 0 aromatic carbocycles. The van der Waals surface area contributed by atoms with Crippen LogP contribution in [-0.4, -0.2) is 4.98 Å². The van der Waals surface area contributed by atoms with Crippen LogP contribution in [0, 0.1) is 29.6 Å². The molecule has 2 atom stereocenters. The molecule has 98 valence electrons. The number of hydrogen-bond donors (Lipinski definition) is 0. The zero-order valence-electron chi connectivity index (χ0n) is 11.4. The van der Waals surface area contributed by atoms with Crippen LogP contribution in [0.4, 0.5) is 0 Å². The fourth-order valence-electron chi connectivity index (χ4n) is 3.14. The lowest BCUT2D eigenvalue weighted by atomic mass is 9.67. The molecule has 1 fully saturated rings. The van der Waals surface area contributed by atoms with Crippen LogP contribution in [-0.2, 0) is 6.42 Å². The van der Waals surface area contributed by atoms with Crippen molar-refractivity contribution in [2.24, 2.45) is 11.3 Å². The van der Waals surface area contributed by atoms with Crippen LogP contribution < -0.4 is 0 Å². The number of aryl methyl sites for hydroxylation is 2. The second-order valence-corrected chi connectivity index (χ2v) is 6.56. The van der Waals surface area contributed by atoms with E-state index in [1.54, 1.807) is 11.3 Å². The van der Waals surface area contributed by atoms with E-state index in [2.05, 4.69) is 24.9 Å². The zero-order valence-corrected chi connectivity index (χ0v) is 12.2. The van der Waals surface area contributed by atoms with Crippen LogP contribution in [0.25, 0.3) is 0 Å². The minimum Gasteiger partial charge on any atom is -0.250 e. The first kappa shape index (κ1) is 13.5. The standard InChI is InChI=1S/C15H22N2S/c1-3-13-5-4-7-15(9-13,10-16)8-6-14-12(2)17-11-18-14/h11,13H,3-9H2,1-2H3. The minimum atomic E-state index is -0.0602. The zero-order chi connectivity index (χ0) is 13.0. The molecule has 0 saturated heterocycles. The quantitative estimate of drug-likeness (QED) is 0.801. The third-order valence-corrected chi connectivity index (χ3v) is 5.43. The number of rotatable bonds is 4. The molecule has 0 aliphatic heterocycles. The van der Waals surface area contributed by atoms with Crippen LogP contribution in [0.3, 0.4) is 0 Å². The van der Waals surface area contributed by atoms with Gasteiger partial charge in [0.25, 0.3) is 0 Å². The highest BCUT2D eigenvalue weighted by Crippen LogP contribution is 2.43. The Morgan fingerprint density at radius 2 is 2.44 bits per heavy atom. The molecule has 1 aromatic heterocycles. The lowest BCUT2D eigenvalue weighted by Gasteiger charge is -2.35. The van der Waals surface area contributed by atoms with Crippen molar-refractivity contribution in [2.75, 3.05) is 0 Å². The third-order valence-electron chi connectivity index (χ3n) is 4.44. The van der Waals surface area contributed by atoms with Crippen molar-refractivity contribution in [3.63, 3.8) is 0 Å². The summed E-state index contributed by atoms with van der Waals surface area (Å²) in [6, 6.07) is 2.65. The van der Waals surface area contributed by atoms with Crippen LogP contribution in [0.15, 0.2) is 5.51 Å². The van der Waals surface area contributed by atoms with Crippen molar-refractivity contribution in [1.82, 2.24) is 4.98 Å². The fourth-order valence-corrected chi connectivity index (χ4v) is 3.92. The summed E-state index contributed by atoms with van der Waals surface area (Å²) in [6.45, 7) is 4.33. The van der Waals surface area contributed by atoms with E-state index in [0.29, 0.717) is 0 Å². The summed E-state index contributed by atoms with van der Waals surface area (Å²) in [7, 11) is 0. The number of aromatic nitrogens is 1. The Morgan fingerprint density at radius 3 is 3.06 bits per heavy atom. The topological polar surface area (TPSA) is 36.7 Å². The fraction of sp³-hybridized carbons (Fsp3) is 0.733. The van der Waals surface area contributed by atoms with Crippen LogP contribution in [0.1, 0.15) is 56.0 Å². The average molecular weight is 262 g/mol. The Labute approximate surface area is 114 Å². The van der Waals surface area contributed by atoms with Crippen LogP contribution in [0.5, 0.6) is 0 Å². The molecule has 2 nitrogen and oxygen atoms in total. The second kappa shape index (κ2) is 5.84. The van der Waals surface area contributed by atoms with Crippen molar-refractivity contribution in [3.05, 3.63) is 16.1 Å². The maximum atomic E-state index is 9.59. The van der Waals surface area contributed by atoms with Gasteiger partial charge in [-0.3, -0.25) is 0 Å². The summed E-state index contributed by atoms with van der Waals surface area (Å²) < 4.78 is 0. The predicted molar refractivity (Wildman–Crippen MR) is 75.5 cm³/mol. The van der Waals surface area contributed by atoms with Gasteiger partial charge < -0.3 is 0 Å². The predicted octanol–water partition coefficient (Wildman–Crippen LogP) is 4.49. The molecule has 2 rings (SSSR count). The second-order valence-electron chi connectivity index (χ2n) is 5.62. The molecule has 0 bridgehead atoms. The minimum absolute atomic E-state index is 0.0602. The number of thiazole rings is 1. The Morgan fingerprint density at radius 1 is 1.61 bits per heavy atom. The molecule has 1 aliphatic carbocycles. The summed E-state index contributed by atoms with van der Waals surface area (Å²) >= 11 is 1.73. The van der Waals surface area contributed by atoms with Gasteiger partial charge in [0, 0.05) is 4.88 Å². The summed E-state index contributed by atoms with van der Waals surface area (Å²) in [5.74, 6) is 0.765. The first-order chi connectivity index (χ1) is 8.69. The number of nitriles is 1. The smallest absolute Gasteiger partial charge is 0.0797 e. The van der Waals surface area contributed by atoms with Crippen molar-refractivity contribution in [2.45, 2.75) is 58.8 Å². The summed E-state index contributed by atoms with van der Waals surface area (Å²) in [6.07, 6.45) is 8.02. The summed E-state index contributed by atoms with van der Waals surface area (Å²) in [5.41, 5.74) is 3.00. The largest absolute Gasteiger partial charge is 0.250 e. The lowest BCUT2D eigenvalue weighted by Crippen LogP contribution is -2.27. The Bertz CT molecular complexity index is 432. The first-order valence-electron chi connectivity index (χ1n) is 6.99. The van der Waals surface area contributed by atoms with Crippen molar-refractivity contribution in [3.8, 4) is 6.07 Å². The molecule has 0 radical (unpaired) electrons. The molecule has 1 saturated carbocycles. The maximum Gasteiger partial charge on any atom is 0.0797 e. The van der Waals surface area contributed by atoms with Crippen LogP contribution in [0.2, 0.25) is 0 Å². The first-order valence-corrected chi connectivity index (χ1v) is 7.87. The van der Waals surface area contributed by atoms with E-state index in [4.69, 9.17) is 0 Å². The Balaban J connectivity index is 2.00. The van der Waals surface area contributed by atoms with Gasteiger partial charge in [-0.1, -0.05) is 26.2 Å². The molecule has 0 spiro atoms. The van der Waals surface area contributed by atoms with Gasteiger partial charge in [0.15, 0.2) is 0 Å². The maximum absolute atomic E-state index is 9.59. The van der Waals surface area contributed by atoms with E-state index < -0.39 is 0 Å². The van der Waals surface area contributed by atoms with Gasteiger partial charge in [0.05, 0.1) is 22.7 Å². The summed E-state index contributed by atoms with van der Waals surface area (Å²) in [4.78, 5) is 5.66. The van der Waals surface area contributed by atoms with Crippen molar-refractivity contribution in [1.29, 1.82) is 5.26 Å². The molecular weight excluding hydrogens is 240 g/mol. The van der Waals surface area contributed by atoms with Crippen molar-refractivity contribution >= 4 is 11.3 Å². The highest BCUT2D eigenvalue weighted by Gasteiger charge is 2.35. The third kappa shape index (κ3) is 2.92. The monoisotopic (exact) mass is 262 g/mol. The van der Waals surface area contributed by atoms with Gasteiger partial charge in [0.2, 0.25) is 0 Å².